The molecule has 128 valence electrons. The third kappa shape index (κ3) is 6.69. The molecule has 0 saturated carbocycles. The molecule has 0 aliphatic heterocycles. The van der Waals surface area contributed by atoms with Crippen LogP contribution in [0.4, 0.5) is 0 Å². The molecular weight excluding hydrogens is 298 g/mol. The van der Waals surface area contributed by atoms with E-state index in [1.807, 2.05) is 0 Å². The van der Waals surface area contributed by atoms with Gasteiger partial charge in [0.05, 0.1) is 20.1 Å². The smallest absolute Gasteiger partial charge is 0.340 e. The monoisotopic (exact) mass is 323 g/mol. The Morgan fingerprint density at radius 2 is 1.87 bits per heavy atom. The first-order valence-corrected chi connectivity index (χ1v) is 7.39. The van der Waals surface area contributed by atoms with E-state index < -0.39 is 17.2 Å². The number of esters is 1. The van der Waals surface area contributed by atoms with Gasteiger partial charge in [0.2, 0.25) is 5.91 Å². The zero-order valence-corrected chi connectivity index (χ0v) is 14.3. The molecule has 23 heavy (non-hydrogen) atoms. The van der Waals surface area contributed by atoms with Crippen molar-refractivity contribution in [1.29, 1.82) is 0 Å². The number of benzene rings is 1. The van der Waals surface area contributed by atoms with Crippen molar-refractivity contribution >= 4 is 11.9 Å². The number of carbonyl (C=O) groups is 2. The number of aliphatic hydroxyl groups is 1. The molecular formula is C17H25NO5. The van der Waals surface area contributed by atoms with Crippen LogP contribution in [0.2, 0.25) is 0 Å². The molecule has 1 amide bonds. The van der Waals surface area contributed by atoms with E-state index in [0.717, 1.165) is 5.56 Å². The predicted octanol–water partition coefficient (Wildman–Crippen LogP) is 1.45. The fourth-order valence-electron chi connectivity index (χ4n) is 1.76. The Kier molecular flexibility index (Phi) is 6.15. The van der Waals surface area contributed by atoms with Gasteiger partial charge in [0.25, 0.3) is 0 Å². The molecule has 1 atom stereocenters. The van der Waals surface area contributed by atoms with Crippen LogP contribution in [0.3, 0.4) is 0 Å². The quantitative estimate of drug-likeness (QED) is 0.774. The number of rotatable bonds is 6. The van der Waals surface area contributed by atoms with Crippen LogP contribution in [-0.2, 0) is 20.7 Å². The van der Waals surface area contributed by atoms with Gasteiger partial charge in [0.1, 0.15) is 11.4 Å². The fraction of sp³-hybridized carbons (Fsp3) is 0.529. The standard InChI is InChI=1S/C17H25NO5/c1-16(2,3)23-15(20)17(4,21)11-18-14(19)10-12-7-6-8-13(9-12)22-5/h6-9,21H,10-11H2,1-5H3,(H,18,19)/t17-/m1/s1. The molecule has 0 fully saturated rings. The first kappa shape index (κ1) is 19.0. The third-order valence-electron chi connectivity index (χ3n) is 2.97. The molecule has 0 aromatic heterocycles. The van der Waals surface area contributed by atoms with E-state index in [1.54, 1.807) is 52.1 Å². The average molecular weight is 323 g/mol. The van der Waals surface area contributed by atoms with E-state index in [1.165, 1.54) is 6.92 Å². The van der Waals surface area contributed by atoms with Crippen LogP contribution in [0.15, 0.2) is 24.3 Å². The lowest BCUT2D eigenvalue weighted by atomic mass is 10.1. The summed E-state index contributed by atoms with van der Waals surface area (Å²) < 4.78 is 10.2. The van der Waals surface area contributed by atoms with E-state index >= 15 is 0 Å². The number of methoxy groups -OCH3 is 1. The Balaban J connectivity index is 2.55. The summed E-state index contributed by atoms with van der Waals surface area (Å²) in [6, 6.07) is 7.13. The van der Waals surface area contributed by atoms with Gasteiger partial charge in [0.15, 0.2) is 5.60 Å². The summed E-state index contributed by atoms with van der Waals surface area (Å²) in [5, 5.41) is 12.7. The second-order valence-electron chi connectivity index (χ2n) is 6.58. The number of hydrogen-bond donors (Lipinski definition) is 2. The van der Waals surface area contributed by atoms with Gasteiger partial charge in [-0.05, 0) is 45.4 Å². The summed E-state index contributed by atoms with van der Waals surface area (Å²) in [5.41, 5.74) is -1.71. The van der Waals surface area contributed by atoms with Crippen molar-refractivity contribution in [2.24, 2.45) is 0 Å². The Bertz CT molecular complexity index is 560. The highest BCUT2D eigenvalue weighted by Crippen LogP contribution is 2.15. The molecule has 0 radical (unpaired) electrons. The van der Waals surface area contributed by atoms with Gasteiger partial charge in [-0.2, -0.15) is 0 Å². The maximum absolute atomic E-state index is 12.0. The Morgan fingerprint density at radius 3 is 2.43 bits per heavy atom. The molecule has 6 heteroatoms. The van der Waals surface area contributed by atoms with E-state index in [9.17, 15) is 14.7 Å². The van der Waals surface area contributed by atoms with Crippen molar-refractivity contribution in [1.82, 2.24) is 5.32 Å². The van der Waals surface area contributed by atoms with Gasteiger partial charge in [-0.15, -0.1) is 0 Å². The minimum absolute atomic E-state index is 0.127. The number of amides is 1. The van der Waals surface area contributed by atoms with E-state index in [4.69, 9.17) is 9.47 Å². The van der Waals surface area contributed by atoms with Crippen LogP contribution < -0.4 is 10.1 Å². The lowest BCUT2D eigenvalue weighted by Crippen LogP contribution is -2.49. The molecule has 1 aromatic carbocycles. The van der Waals surface area contributed by atoms with E-state index in [2.05, 4.69) is 5.32 Å². The summed E-state index contributed by atoms with van der Waals surface area (Å²) in [5.74, 6) is -0.412. The molecule has 0 unspecified atom stereocenters. The van der Waals surface area contributed by atoms with Gasteiger partial charge in [-0.1, -0.05) is 12.1 Å². The molecule has 6 nitrogen and oxygen atoms in total. The normalized spacial score (nSPS) is 13.8. The van der Waals surface area contributed by atoms with Crippen LogP contribution >= 0.6 is 0 Å². The summed E-state index contributed by atoms with van der Waals surface area (Å²) in [6.45, 7) is 6.23. The molecule has 0 aliphatic rings. The lowest BCUT2D eigenvalue weighted by Gasteiger charge is -2.27. The van der Waals surface area contributed by atoms with Crippen molar-refractivity contribution in [3.63, 3.8) is 0 Å². The fourth-order valence-corrected chi connectivity index (χ4v) is 1.76. The van der Waals surface area contributed by atoms with Crippen molar-refractivity contribution in [3.05, 3.63) is 29.8 Å². The highest BCUT2D eigenvalue weighted by molar-refractivity contribution is 5.82. The summed E-state index contributed by atoms with van der Waals surface area (Å²) in [7, 11) is 1.55. The van der Waals surface area contributed by atoms with Crippen LogP contribution in [-0.4, -0.2) is 41.8 Å². The summed E-state index contributed by atoms with van der Waals surface area (Å²) in [6.07, 6.45) is 0.127. The second-order valence-corrected chi connectivity index (χ2v) is 6.58. The second kappa shape index (κ2) is 7.46. The van der Waals surface area contributed by atoms with Crippen molar-refractivity contribution in [2.75, 3.05) is 13.7 Å². The van der Waals surface area contributed by atoms with Crippen LogP contribution in [0, 0.1) is 0 Å². The van der Waals surface area contributed by atoms with Gasteiger partial charge < -0.3 is 19.9 Å². The largest absolute Gasteiger partial charge is 0.497 e. The Labute approximate surface area is 136 Å². The van der Waals surface area contributed by atoms with Crippen LogP contribution in [0.1, 0.15) is 33.3 Å². The SMILES string of the molecule is COc1cccc(CC(=O)NC[C@@](C)(O)C(=O)OC(C)(C)C)c1. The van der Waals surface area contributed by atoms with Crippen LogP contribution in [0.25, 0.3) is 0 Å². The van der Waals surface area contributed by atoms with Crippen molar-refractivity contribution in [3.8, 4) is 5.75 Å². The molecule has 1 rings (SSSR count). The summed E-state index contributed by atoms with van der Waals surface area (Å²) >= 11 is 0. The highest BCUT2D eigenvalue weighted by atomic mass is 16.6. The minimum Gasteiger partial charge on any atom is -0.497 e. The third-order valence-corrected chi connectivity index (χ3v) is 2.97. The number of hydrogen-bond acceptors (Lipinski definition) is 5. The Morgan fingerprint density at radius 1 is 1.22 bits per heavy atom. The molecule has 0 spiro atoms. The van der Waals surface area contributed by atoms with Crippen molar-refractivity contribution < 1.29 is 24.2 Å². The maximum Gasteiger partial charge on any atom is 0.340 e. The minimum atomic E-state index is -1.78. The average Bonchev–Trinajstić information content (AvgIpc) is 2.43. The number of ether oxygens (including phenoxy) is 2. The van der Waals surface area contributed by atoms with Gasteiger partial charge >= 0.3 is 5.97 Å². The van der Waals surface area contributed by atoms with Crippen molar-refractivity contribution in [2.45, 2.75) is 45.3 Å². The van der Waals surface area contributed by atoms with E-state index in [0.29, 0.717) is 5.75 Å². The highest BCUT2D eigenvalue weighted by Gasteiger charge is 2.35. The molecule has 0 aliphatic carbocycles. The predicted molar refractivity (Wildman–Crippen MR) is 86.2 cm³/mol. The zero-order valence-electron chi connectivity index (χ0n) is 14.3. The molecule has 0 bridgehead atoms. The van der Waals surface area contributed by atoms with Gasteiger partial charge in [0, 0.05) is 0 Å². The lowest BCUT2D eigenvalue weighted by molar-refractivity contribution is -0.174. The van der Waals surface area contributed by atoms with Gasteiger partial charge in [-0.3, -0.25) is 4.79 Å². The van der Waals surface area contributed by atoms with E-state index in [-0.39, 0.29) is 18.9 Å². The topological polar surface area (TPSA) is 84.9 Å². The first-order valence-electron chi connectivity index (χ1n) is 7.39. The summed E-state index contributed by atoms with van der Waals surface area (Å²) in [4.78, 5) is 23.8. The molecule has 0 heterocycles. The zero-order chi connectivity index (χ0) is 17.7. The molecule has 1 aromatic rings. The molecule has 2 N–H and O–H groups in total. The maximum atomic E-state index is 12.0. The first-order chi connectivity index (χ1) is 10.5. The Hall–Kier alpha value is -2.08. The molecule has 0 saturated heterocycles. The van der Waals surface area contributed by atoms with Gasteiger partial charge in [-0.25, -0.2) is 4.79 Å². The number of carbonyl (C=O) groups excluding carboxylic acids is 2. The number of nitrogens with one attached hydrogen (secondary N) is 1. The van der Waals surface area contributed by atoms with Crippen LogP contribution in [0.5, 0.6) is 5.75 Å².